The first-order valence-corrected chi connectivity index (χ1v) is 8.33. The summed E-state index contributed by atoms with van der Waals surface area (Å²) in [6, 6.07) is 8.67. The van der Waals surface area contributed by atoms with Crippen LogP contribution in [-0.4, -0.2) is 29.2 Å². The average Bonchev–Trinajstić information content (AvgIpc) is 2.55. The minimum Gasteiger partial charge on any atom is -0.370 e. The van der Waals surface area contributed by atoms with Crippen molar-refractivity contribution in [2.75, 3.05) is 23.3 Å². The maximum atomic E-state index is 12.2. The van der Waals surface area contributed by atoms with Crippen LogP contribution in [0.4, 0.5) is 11.4 Å². The number of nitrogens with one attached hydrogen (secondary N) is 2. The number of aromatic nitrogens is 2. The summed E-state index contributed by atoms with van der Waals surface area (Å²) in [5.41, 5.74) is 1.30. The Morgan fingerprint density at radius 2 is 2.29 bits per heavy atom. The summed E-state index contributed by atoms with van der Waals surface area (Å²) in [5.74, 6) is 0.227. The van der Waals surface area contributed by atoms with E-state index in [1.807, 2.05) is 6.07 Å². The van der Waals surface area contributed by atoms with E-state index >= 15 is 0 Å². The van der Waals surface area contributed by atoms with E-state index in [0.29, 0.717) is 17.1 Å². The molecule has 6 nitrogen and oxygen atoms in total. The number of amides is 1. The first-order chi connectivity index (χ1) is 11.6. The summed E-state index contributed by atoms with van der Waals surface area (Å²) >= 11 is 5.93. The molecule has 0 aliphatic carbocycles. The summed E-state index contributed by atoms with van der Waals surface area (Å²) in [6.45, 7) is 1.62. The Hall–Kier alpha value is -2.34. The molecule has 0 bridgehead atoms. The van der Waals surface area contributed by atoms with Crippen molar-refractivity contribution in [3.63, 3.8) is 0 Å². The maximum absolute atomic E-state index is 12.2. The number of aromatic amines is 1. The first kappa shape index (κ1) is 16.5. The summed E-state index contributed by atoms with van der Waals surface area (Å²) in [5, 5.41) is 9.70. The van der Waals surface area contributed by atoms with Crippen molar-refractivity contribution >= 4 is 28.9 Å². The number of piperidine rings is 1. The van der Waals surface area contributed by atoms with Gasteiger partial charge in [0.2, 0.25) is 5.91 Å². The number of nitrogens with zero attached hydrogens (tertiary/aromatic N) is 2. The van der Waals surface area contributed by atoms with Crippen LogP contribution in [0.3, 0.4) is 0 Å². The quantitative estimate of drug-likeness (QED) is 0.892. The number of hydrogen-bond donors (Lipinski definition) is 2. The summed E-state index contributed by atoms with van der Waals surface area (Å²) in [6.07, 6.45) is 4.08. The van der Waals surface area contributed by atoms with E-state index in [9.17, 15) is 9.59 Å². The predicted molar refractivity (Wildman–Crippen MR) is 94.5 cm³/mol. The lowest BCUT2D eigenvalue weighted by Crippen LogP contribution is -2.37. The van der Waals surface area contributed by atoms with Crippen LogP contribution in [0.2, 0.25) is 5.02 Å². The molecule has 1 saturated heterocycles. The monoisotopic (exact) mass is 346 g/mol. The molecule has 3 rings (SSSR count). The van der Waals surface area contributed by atoms with Gasteiger partial charge in [0.25, 0.3) is 5.56 Å². The third-order valence-corrected chi connectivity index (χ3v) is 4.35. The second-order valence-electron chi connectivity index (χ2n) is 6.02. The SMILES string of the molecule is O=C(CC1CCCN(c2cn[nH]c(=O)c2)C1)Nc1cccc(Cl)c1. The van der Waals surface area contributed by atoms with E-state index in [0.717, 1.165) is 31.6 Å². The van der Waals surface area contributed by atoms with Gasteiger partial charge in [0.05, 0.1) is 11.9 Å². The number of carbonyl (C=O) groups is 1. The summed E-state index contributed by atoms with van der Waals surface area (Å²) < 4.78 is 0. The molecule has 1 aromatic heterocycles. The zero-order valence-electron chi connectivity index (χ0n) is 13.2. The molecule has 24 heavy (non-hydrogen) atoms. The Balaban J connectivity index is 1.59. The van der Waals surface area contributed by atoms with Crippen molar-refractivity contribution in [1.29, 1.82) is 0 Å². The van der Waals surface area contributed by atoms with Gasteiger partial charge in [-0.3, -0.25) is 9.59 Å². The summed E-state index contributed by atoms with van der Waals surface area (Å²) in [4.78, 5) is 25.8. The average molecular weight is 347 g/mol. The molecule has 1 unspecified atom stereocenters. The lowest BCUT2D eigenvalue weighted by atomic mass is 9.94. The highest BCUT2D eigenvalue weighted by molar-refractivity contribution is 6.30. The van der Waals surface area contributed by atoms with Gasteiger partial charge in [0.1, 0.15) is 0 Å². The molecule has 2 aromatic rings. The Kier molecular flexibility index (Phi) is 5.15. The number of rotatable bonds is 4. The number of carbonyl (C=O) groups excluding carboxylic acids is 1. The molecule has 1 aliphatic rings. The molecule has 1 atom stereocenters. The van der Waals surface area contributed by atoms with Crippen molar-refractivity contribution in [3.05, 3.63) is 51.9 Å². The van der Waals surface area contributed by atoms with Crippen molar-refractivity contribution in [3.8, 4) is 0 Å². The molecular weight excluding hydrogens is 328 g/mol. The van der Waals surface area contributed by atoms with Gasteiger partial charge in [-0.15, -0.1) is 0 Å². The van der Waals surface area contributed by atoms with Gasteiger partial charge in [-0.25, -0.2) is 5.10 Å². The minimum atomic E-state index is -0.215. The van der Waals surface area contributed by atoms with Gasteiger partial charge >= 0.3 is 0 Å². The molecule has 1 aliphatic heterocycles. The van der Waals surface area contributed by atoms with Crippen LogP contribution in [0, 0.1) is 5.92 Å². The Labute approximate surface area is 144 Å². The number of halogens is 1. The zero-order chi connectivity index (χ0) is 16.9. The minimum absolute atomic E-state index is 0.0202. The van der Waals surface area contributed by atoms with Crippen molar-refractivity contribution < 1.29 is 4.79 Å². The van der Waals surface area contributed by atoms with Crippen LogP contribution in [0.1, 0.15) is 19.3 Å². The fourth-order valence-corrected chi connectivity index (χ4v) is 3.24. The normalized spacial score (nSPS) is 17.5. The third kappa shape index (κ3) is 4.35. The third-order valence-electron chi connectivity index (χ3n) is 4.12. The molecule has 1 aromatic carbocycles. The van der Waals surface area contributed by atoms with E-state index in [-0.39, 0.29) is 17.4 Å². The lowest BCUT2D eigenvalue weighted by Gasteiger charge is -2.33. The van der Waals surface area contributed by atoms with E-state index in [1.54, 1.807) is 30.5 Å². The molecular formula is C17H19ClN4O2. The molecule has 1 fully saturated rings. The van der Waals surface area contributed by atoms with E-state index in [2.05, 4.69) is 20.4 Å². The van der Waals surface area contributed by atoms with Crippen LogP contribution in [0.15, 0.2) is 41.3 Å². The lowest BCUT2D eigenvalue weighted by molar-refractivity contribution is -0.117. The standard InChI is InChI=1S/C17H19ClN4O2/c18-13-4-1-5-14(8-13)20-16(23)7-12-3-2-6-22(11-12)15-9-17(24)21-19-10-15/h1,4-5,8-10,12H,2-3,6-7,11H2,(H,20,23)(H,21,24). The zero-order valence-corrected chi connectivity index (χ0v) is 13.9. The fraction of sp³-hybridized carbons (Fsp3) is 0.353. The van der Waals surface area contributed by atoms with Gasteiger partial charge in [-0.1, -0.05) is 17.7 Å². The second-order valence-corrected chi connectivity index (χ2v) is 6.46. The maximum Gasteiger partial charge on any atom is 0.266 e. The number of benzene rings is 1. The van der Waals surface area contributed by atoms with E-state index in [1.165, 1.54) is 0 Å². The Morgan fingerprint density at radius 3 is 3.08 bits per heavy atom. The second kappa shape index (κ2) is 7.49. The molecule has 126 valence electrons. The Morgan fingerprint density at radius 1 is 1.42 bits per heavy atom. The fourth-order valence-electron chi connectivity index (χ4n) is 3.05. The van der Waals surface area contributed by atoms with E-state index < -0.39 is 0 Å². The number of hydrogen-bond acceptors (Lipinski definition) is 4. The van der Waals surface area contributed by atoms with Gasteiger partial charge in [-0.2, -0.15) is 5.10 Å². The molecule has 0 spiro atoms. The highest BCUT2D eigenvalue weighted by Gasteiger charge is 2.23. The van der Waals surface area contributed by atoms with Crippen molar-refractivity contribution in [2.45, 2.75) is 19.3 Å². The van der Waals surface area contributed by atoms with Crippen LogP contribution >= 0.6 is 11.6 Å². The molecule has 0 saturated carbocycles. The molecule has 2 heterocycles. The van der Waals surface area contributed by atoms with Gasteiger partial charge in [-0.05, 0) is 37.0 Å². The van der Waals surface area contributed by atoms with Crippen molar-refractivity contribution in [1.82, 2.24) is 10.2 Å². The van der Waals surface area contributed by atoms with Crippen LogP contribution < -0.4 is 15.8 Å². The molecule has 1 amide bonds. The summed E-state index contributed by atoms with van der Waals surface area (Å²) in [7, 11) is 0. The van der Waals surface area contributed by atoms with Gasteiger partial charge in [0.15, 0.2) is 0 Å². The molecule has 0 radical (unpaired) electrons. The van der Waals surface area contributed by atoms with Crippen molar-refractivity contribution in [2.24, 2.45) is 5.92 Å². The largest absolute Gasteiger partial charge is 0.370 e. The van der Waals surface area contributed by atoms with Gasteiger partial charge in [0, 0.05) is 36.3 Å². The predicted octanol–water partition coefficient (Wildman–Crippen LogP) is 2.67. The Bertz CT molecular complexity index is 777. The number of H-pyrrole nitrogens is 1. The van der Waals surface area contributed by atoms with Gasteiger partial charge < -0.3 is 10.2 Å². The topological polar surface area (TPSA) is 78.1 Å². The molecule has 7 heteroatoms. The van der Waals surface area contributed by atoms with E-state index in [4.69, 9.17) is 11.6 Å². The molecule has 2 N–H and O–H groups in total. The van der Waals surface area contributed by atoms with Crippen LogP contribution in [0.25, 0.3) is 0 Å². The number of anilines is 2. The highest BCUT2D eigenvalue weighted by atomic mass is 35.5. The highest BCUT2D eigenvalue weighted by Crippen LogP contribution is 2.24. The van der Waals surface area contributed by atoms with Crippen LogP contribution in [0.5, 0.6) is 0 Å². The van der Waals surface area contributed by atoms with Crippen LogP contribution in [-0.2, 0) is 4.79 Å². The first-order valence-electron chi connectivity index (χ1n) is 7.95. The smallest absolute Gasteiger partial charge is 0.266 e.